The molecule has 4 nitrogen and oxygen atoms in total. The van der Waals surface area contributed by atoms with Gasteiger partial charge < -0.3 is 0 Å². The van der Waals surface area contributed by atoms with E-state index in [1.807, 2.05) is 12.1 Å². The SMILES string of the molecule is CN(Cc1ccncc1)S(=O)(=O)c1ccc(CBr)cc1. The molecule has 20 heavy (non-hydrogen) atoms. The third-order valence-electron chi connectivity index (χ3n) is 2.94. The van der Waals surface area contributed by atoms with Crippen LogP contribution in [0.3, 0.4) is 0 Å². The Kier molecular flexibility index (Phi) is 4.91. The molecule has 0 saturated heterocycles. The highest BCUT2D eigenvalue weighted by molar-refractivity contribution is 9.08. The molecule has 0 radical (unpaired) electrons. The van der Waals surface area contributed by atoms with Crippen LogP contribution in [0.25, 0.3) is 0 Å². The van der Waals surface area contributed by atoms with Gasteiger partial charge >= 0.3 is 0 Å². The second kappa shape index (κ2) is 6.47. The van der Waals surface area contributed by atoms with Gasteiger partial charge in [-0.3, -0.25) is 4.98 Å². The van der Waals surface area contributed by atoms with Gasteiger partial charge in [0.2, 0.25) is 10.0 Å². The van der Waals surface area contributed by atoms with E-state index in [1.165, 1.54) is 4.31 Å². The average molecular weight is 355 g/mol. The predicted molar refractivity (Wildman–Crippen MR) is 82.0 cm³/mol. The van der Waals surface area contributed by atoms with Crippen molar-refractivity contribution in [2.24, 2.45) is 0 Å². The van der Waals surface area contributed by atoms with Crippen LogP contribution < -0.4 is 0 Å². The molecule has 1 aromatic heterocycles. The molecule has 1 aromatic carbocycles. The Bertz CT molecular complexity index is 657. The second-order valence-corrected chi connectivity index (χ2v) is 7.00. The van der Waals surface area contributed by atoms with E-state index < -0.39 is 10.0 Å². The van der Waals surface area contributed by atoms with E-state index in [0.29, 0.717) is 16.8 Å². The first-order valence-electron chi connectivity index (χ1n) is 6.04. The van der Waals surface area contributed by atoms with Gasteiger partial charge in [-0.1, -0.05) is 28.1 Å². The van der Waals surface area contributed by atoms with E-state index in [-0.39, 0.29) is 0 Å². The number of nitrogens with zero attached hydrogens (tertiary/aromatic N) is 2. The highest BCUT2D eigenvalue weighted by Gasteiger charge is 2.20. The molecule has 0 aliphatic heterocycles. The van der Waals surface area contributed by atoms with Crippen molar-refractivity contribution in [3.63, 3.8) is 0 Å². The van der Waals surface area contributed by atoms with Crippen molar-refractivity contribution in [2.45, 2.75) is 16.8 Å². The van der Waals surface area contributed by atoms with Gasteiger partial charge in [-0.25, -0.2) is 8.42 Å². The van der Waals surface area contributed by atoms with Crippen molar-refractivity contribution >= 4 is 26.0 Å². The zero-order chi connectivity index (χ0) is 14.6. The minimum Gasteiger partial charge on any atom is -0.265 e. The van der Waals surface area contributed by atoms with Crippen molar-refractivity contribution in [2.75, 3.05) is 7.05 Å². The van der Waals surface area contributed by atoms with Crippen LogP contribution in [0.15, 0.2) is 53.7 Å². The van der Waals surface area contributed by atoms with Gasteiger partial charge in [-0.05, 0) is 35.4 Å². The highest BCUT2D eigenvalue weighted by atomic mass is 79.9. The average Bonchev–Trinajstić information content (AvgIpc) is 2.48. The number of halogens is 1. The van der Waals surface area contributed by atoms with E-state index in [4.69, 9.17) is 0 Å². The molecule has 1 heterocycles. The summed E-state index contributed by atoms with van der Waals surface area (Å²) in [6.45, 7) is 0.324. The maximum absolute atomic E-state index is 12.4. The highest BCUT2D eigenvalue weighted by Crippen LogP contribution is 2.18. The van der Waals surface area contributed by atoms with E-state index in [0.717, 1.165) is 11.1 Å². The first-order chi connectivity index (χ1) is 9.54. The summed E-state index contributed by atoms with van der Waals surface area (Å²) >= 11 is 3.34. The lowest BCUT2D eigenvalue weighted by Crippen LogP contribution is -2.26. The van der Waals surface area contributed by atoms with Crippen molar-refractivity contribution in [1.82, 2.24) is 9.29 Å². The van der Waals surface area contributed by atoms with E-state index in [9.17, 15) is 8.42 Å². The summed E-state index contributed by atoms with van der Waals surface area (Å²) in [4.78, 5) is 4.22. The summed E-state index contributed by atoms with van der Waals surface area (Å²) in [6, 6.07) is 10.5. The molecule has 6 heteroatoms. The molecule has 106 valence electrons. The van der Waals surface area contributed by atoms with Gasteiger partial charge in [0.25, 0.3) is 0 Å². The van der Waals surface area contributed by atoms with Crippen LogP contribution in [0.2, 0.25) is 0 Å². The smallest absolute Gasteiger partial charge is 0.243 e. The van der Waals surface area contributed by atoms with Crippen LogP contribution in [0.1, 0.15) is 11.1 Å². The lowest BCUT2D eigenvalue weighted by atomic mass is 10.2. The fourth-order valence-electron chi connectivity index (χ4n) is 1.76. The first-order valence-corrected chi connectivity index (χ1v) is 8.60. The number of pyridine rings is 1. The molecule has 0 N–H and O–H groups in total. The van der Waals surface area contributed by atoms with E-state index in [2.05, 4.69) is 20.9 Å². The zero-order valence-corrected chi connectivity index (χ0v) is 13.4. The third kappa shape index (κ3) is 3.45. The monoisotopic (exact) mass is 354 g/mol. The number of sulfonamides is 1. The minimum atomic E-state index is -3.46. The van der Waals surface area contributed by atoms with Gasteiger partial charge in [-0.2, -0.15) is 4.31 Å². The number of benzene rings is 1. The molecule has 0 aliphatic carbocycles. The fourth-order valence-corrected chi connectivity index (χ4v) is 3.29. The maximum atomic E-state index is 12.4. The maximum Gasteiger partial charge on any atom is 0.243 e. The number of alkyl halides is 1. The Morgan fingerprint density at radius 3 is 2.20 bits per heavy atom. The van der Waals surface area contributed by atoms with Crippen LogP contribution in [-0.2, 0) is 21.9 Å². The third-order valence-corrected chi connectivity index (χ3v) is 5.41. The Morgan fingerprint density at radius 2 is 1.65 bits per heavy atom. The van der Waals surface area contributed by atoms with Crippen LogP contribution in [0.4, 0.5) is 0 Å². The fraction of sp³-hybridized carbons (Fsp3) is 0.214. The molecular weight excluding hydrogens is 340 g/mol. The summed E-state index contributed by atoms with van der Waals surface area (Å²) in [5, 5.41) is 0.709. The van der Waals surface area contributed by atoms with Gasteiger partial charge in [0.15, 0.2) is 0 Å². The van der Waals surface area contributed by atoms with E-state index >= 15 is 0 Å². The molecule has 0 spiro atoms. The second-order valence-electron chi connectivity index (χ2n) is 4.39. The number of hydrogen-bond donors (Lipinski definition) is 0. The summed E-state index contributed by atoms with van der Waals surface area (Å²) in [5.74, 6) is 0. The van der Waals surface area contributed by atoms with Crippen LogP contribution in [0, 0.1) is 0 Å². The lowest BCUT2D eigenvalue weighted by Gasteiger charge is -2.17. The van der Waals surface area contributed by atoms with Gasteiger partial charge in [0.1, 0.15) is 0 Å². The van der Waals surface area contributed by atoms with Crippen molar-refractivity contribution < 1.29 is 8.42 Å². The Hall–Kier alpha value is -1.24. The quantitative estimate of drug-likeness (QED) is 0.775. The standard InChI is InChI=1S/C14H15BrN2O2S/c1-17(11-13-6-8-16-9-7-13)20(18,19)14-4-2-12(10-15)3-5-14/h2-9H,10-11H2,1H3. The topological polar surface area (TPSA) is 50.3 Å². The molecule has 2 rings (SSSR count). The summed E-state index contributed by atoms with van der Waals surface area (Å²) in [6.07, 6.45) is 3.31. The Balaban J connectivity index is 2.20. The van der Waals surface area contributed by atoms with Gasteiger partial charge in [0.05, 0.1) is 4.90 Å². The zero-order valence-electron chi connectivity index (χ0n) is 11.0. The predicted octanol–water partition coefficient (Wildman–Crippen LogP) is 2.80. The molecule has 0 saturated carbocycles. The van der Waals surface area contributed by atoms with Gasteiger partial charge in [0, 0.05) is 31.3 Å². The Morgan fingerprint density at radius 1 is 1.05 bits per heavy atom. The molecule has 2 aromatic rings. The van der Waals surface area contributed by atoms with Crippen LogP contribution in [0.5, 0.6) is 0 Å². The number of rotatable bonds is 5. The Labute approximate surface area is 127 Å². The molecular formula is C14H15BrN2O2S. The van der Waals surface area contributed by atoms with Crippen molar-refractivity contribution in [3.05, 3.63) is 59.9 Å². The largest absolute Gasteiger partial charge is 0.265 e. The molecule has 0 amide bonds. The molecule has 0 aliphatic rings. The molecule has 0 bridgehead atoms. The minimum absolute atomic E-state index is 0.304. The summed E-state index contributed by atoms with van der Waals surface area (Å²) in [5.41, 5.74) is 1.95. The molecule has 0 fully saturated rings. The van der Waals surface area contributed by atoms with Gasteiger partial charge in [-0.15, -0.1) is 0 Å². The summed E-state index contributed by atoms with van der Waals surface area (Å²) < 4.78 is 26.2. The number of aromatic nitrogens is 1. The van der Waals surface area contributed by atoms with Crippen LogP contribution in [-0.4, -0.2) is 24.8 Å². The van der Waals surface area contributed by atoms with Crippen molar-refractivity contribution in [3.8, 4) is 0 Å². The number of hydrogen-bond acceptors (Lipinski definition) is 3. The molecule has 0 unspecified atom stereocenters. The van der Waals surface area contributed by atoms with Crippen LogP contribution >= 0.6 is 15.9 Å². The first kappa shape index (κ1) is 15.2. The molecule has 0 atom stereocenters. The van der Waals surface area contributed by atoms with E-state index in [1.54, 1.807) is 43.7 Å². The van der Waals surface area contributed by atoms with Crippen molar-refractivity contribution in [1.29, 1.82) is 0 Å². The lowest BCUT2D eigenvalue weighted by molar-refractivity contribution is 0.466. The normalized spacial score (nSPS) is 11.8. The summed E-state index contributed by atoms with van der Waals surface area (Å²) in [7, 11) is -1.89.